The van der Waals surface area contributed by atoms with E-state index in [4.69, 9.17) is 4.74 Å². The predicted octanol–water partition coefficient (Wildman–Crippen LogP) is 0.126. The van der Waals surface area contributed by atoms with Gasteiger partial charge in [0.15, 0.2) is 0 Å². The minimum absolute atomic E-state index is 0.192. The van der Waals surface area contributed by atoms with E-state index >= 15 is 0 Å². The lowest BCUT2D eigenvalue weighted by molar-refractivity contribution is -0.139. The Morgan fingerprint density at radius 3 is 2.31 bits per heavy atom. The van der Waals surface area contributed by atoms with Crippen LogP contribution in [0.3, 0.4) is 0 Å². The maximum Gasteiger partial charge on any atom is 0.293 e. The van der Waals surface area contributed by atoms with Crippen molar-refractivity contribution in [1.29, 1.82) is 0 Å². The molecular weight excluding hydrogens is 176 g/mol. The third kappa shape index (κ3) is 7.27. The predicted molar refractivity (Wildman–Crippen MR) is 44.0 cm³/mol. The van der Waals surface area contributed by atoms with E-state index in [9.17, 15) is 9.59 Å². The average molecular weight is 190 g/mol. The molecule has 0 radical (unpaired) electrons. The first-order chi connectivity index (χ1) is 6.20. The largest absolute Gasteiger partial charge is 0.465 e. The first-order valence-electron chi connectivity index (χ1n) is 3.96. The number of rotatable bonds is 8. The molecule has 13 heavy (non-hydrogen) atoms. The van der Waals surface area contributed by atoms with Gasteiger partial charge in [0.05, 0.1) is 12.7 Å². The van der Waals surface area contributed by atoms with Crippen molar-refractivity contribution >= 4 is 12.9 Å². The van der Waals surface area contributed by atoms with E-state index in [0.717, 1.165) is 0 Å². The number of hydrogen-bond acceptors (Lipinski definition) is 5. The molecule has 0 amide bonds. The molecule has 0 saturated heterocycles. The Morgan fingerprint density at radius 2 is 1.77 bits per heavy atom. The molecule has 0 bridgehead atoms. The summed E-state index contributed by atoms with van der Waals surface area (Å²) in [6.45, 7) is 4.71. The molecule has 0 aromatic carbocycles. The summed E-state index contributed by atoms with van der Waals surface area (Å²) in [5.74, 6) is 0. The zero-order valence-corrected chi connectivity index (χ0v) is 7.76. The Labute approximate surface area is 77.0 Å². The molecule has 0 aromatic rings. The quantitative estimate of drug-likeness (QED) is 0.509. The number of hydrogen-bond donors (Lipinski definition) is 0. The fraction of sp³-hybridized carbons (Fsp3) is 0.750. The van der Waals surface area contributed by atoms with E-state index in [1.807, 2.05) is 0 Å². The SMILES string of the molecule is CC(COC(C)COC=O)OC=O. The van der Waals surface area contributed by atoms with Crippen LogP contribution < -0.4 is 0 Å². The third-order valence-corrected chi connectivity index (χ3v) is 1.30. The summed E-state index contributed by atoms with van der Waals surface area (Å²) in [6, 6.07) is 0. The van der Waals surface area contributed by atoms with Crippen molar-refractivity contribution in [2.24, 2.45) is 0 Å². The minimum Gasteiger partial charge on any atom is -0.465 e. The van der Waals surface area contributed by atoms with Gasteiger partial charge in [-0.15, -0.1) is 0 Å². The summed E-state index contributed by atoms with van der Waals surface area (Å²) in [4.78, 5) is 19.7. The maximum absolute atomic E-state index is 9.88. The van der Waals surface area contributed by atoms with E-state index in [2.05, 4.69) is 9.47 Å². The standard InChI is InChI=1S/C8H14O5/c1-7(3-11-5-9)12-4-8(2)13-6-10/h5-8H,3-4H2,1-2H3. The van der Waals surface area contributed by atoms with Crippen LogP contribution in [0.5, 0.6) is 0 Å². The van der Waals surface area contributed by atoms with Gasteiger partial charge in [-0.1, -0.05) is 0 Å². The van der Waals surface area contributed by atoms with Crippen molar-refractivity contribution in [2.75, 3.05) is 13.2 Å². The molecule has 2 atom stereocenters. The number of ether oxygens (including phenoxy) is 3. The van der Waals surface area contributed by atoms with Gasteiger partial charge in [0.2, 0.25) is 0 Å². The third-order valence-electron chi connectivity index (χ3n) is 1.30. The summed E-state index contributed by atoms with van der Waals surface area (Å²) < 4.78 is 14.2. The van der Waals surface area contributed by atoms with Crippen molar-refractivity contribution in [3.05, 3.63) is 0 Å². The number of carbonyl (C=O) groups excluding carboxylic acids is 2. The molecule has 76 valence electrons. The van der Waals surface area contributed by atoms with Gasteiger partial charge in [-0.25, -0.2) is 0 Å². The lowest BCUT2D eigenvalue weighted by Gasteiger charge is -2.14. The van der Waals surface area contributed by atoms with Crippen molar-refractivity contribution in [3.8, 4) is 0 Å². The summed E-state index contributed by atoms with van der Waals surface area (Å²) in [6.07, 6.45) is -0.473. The highest BCUT2D eigenvalue weighted by atomic mass is 16.6. The monoisotopic (exact) mass is 190 g/mol. The van der Waals surface area contributed by atoms with Crippen LogP contribution in [0.1, 0.15) is 13.8 Å². The fourth-order valence-electron chi connectivity index (χ4n) is 0.657. The Hall–Kier alpha value is -1.10. The van der Waals surface area contributed by atoms with Gasteiger partial charge in [0.25, 0.3) is 12.9 Å². The first kappa shape index (κ1) is 11.9. The van der Waals surface area contributed by atoms with Gasteiger partial charge in [-0.2, -0.15) is 0 Å². The fourth-order valence-corrected chi connectivity index (χ4v) is 0.657. The molecule has 0 fully saturated rings. The van der Waals surface area contributed by atoms with Crippen LogP contribution in [0.2, 0.25) is 0 Å². The van der Waals surface area contributed by atoms with Crippen LogP contribution >= 0.6 is 0 Å². The summed E-state index contributed by atoms with van der Waals surface area (Å²) in [7, 11) is 0. The van der Waals surface area contributed by atoms with Crippen molar-refractivity contribution in [3.63, 3.8) is 0 Å². The normalized spacial score (nSPS) is 14.3. The van der Waals surface area contributed by atoms with Gasteiger partial charge < -0.3 is 14.2 Å². The lowest BCUT2D eigenvalue weighted by Crippen LogP contribution is -2.22. The number of carbonyl (C=O) groups is 2. The van der Waals surface area contributed by atoms with Crippen LogP contribution in [-0.4, -0.2) is 38.4 Å². The second kappa shape index (κ2) is 7.54. The zero-order valence-electron chi connectivity index (χ0n) is 7.76. The van der Waals surface area contributed by atoms with Gasteiger partial charge in [0.1, 0.15) is 12.7 Å². The second-order valence-corrected chi connectivity index (χ2v) is 2.62. The highest BCUT2D eigenvalue weighted by Crippen LogP contribution is 1.95. The summed E-state index contributed by atoms with van der Waals surface area (Å²) in [5.41, 5.74) is 0. The van der Waals surface area contributed by atoms with E-state index < -0.39 is 0 Å². The smallest absolute Gasteiger partial charge is 0.293 e. The van der Waals surface area contributed by atoms with Crippen LogP contribution in [-0.2, 0) is 23.8 Å². The molecule has 0 N–H and O–H groups in total. The van der Waals surface area contributed by atoms with Crippen LogP contribution in [0.4, 0.5) is 0 Å². The molecule has 0 heterocycles. The Kier molecular flexibility index (Phi) is 6.91. The van der Waals surface area contributed by atoms with Gasteiger partial charge in [-0.3, -0.25) is 9.59 Å². The lowest BCUT2D eigenvalue weighted by atomic mass is 10.4. The van der Waals surface area contributed by atoms with Gasteiger partial charge >= 0.3 is 0 Å². The molecule has 0 aromatic heterocycles. The van der Waals surface area contributed by atoms with Crippen molar-refractivity contribution < 1.29 is 23.8 Å². The molecule has 0 spiro atoms. The van der Waals surface area contributed by atoms with Crippen LogP contribution in [0, 0.1) is 0 Å². The molecule has 0 saturated carbocycles. The Bertz CT molecular complexity index is 147. The summed E-state index contributed by atoms with van der Waals surface area (Å²) in [5, 5.41) is 0. The topological polar surface area (TPSA) is 61.8 Å². The van der Waals surface area contributed by atoms with Crippen LogP contribution in [0.15, 0.2) is 0 Å². The maximum atomic E-state index is 9.88. The molecular formula is C8H14O5. The van der Waals surface area contributed by atoms with E-state index in [0.29, 0.717) is 19.6 Å². The zero-order chi connectivity index (χ0) is 10.1. The molecule has 0 rings (SSSR count). The van der Waals surface area contributed by atoms with Crippen molar-refractivity contribution in [2.45, 2.75) is 26.1 Å². The molecule has 0 aliphatic carbocycles. The van der Waals surface area contributed by atoms with Gasteiger partial charge in [0, 0.05) is 0 Å². The van der Waals surface area contributed by atoms with E-state index in [1.54, 1.807) is 13.8 Å². The second-order valence-electron chi connectivity index (χ2n) is 2.62. The Morgan fingerprint density at radius 1 is 1.08 bits per heavy atom. The minimum atomic E-state index is -0.281. The molecule has 5 heteroatoms. The van der Waals surface area contributed by atoms with Crippen LogP contribution in [0.25, 0.3) is 0 Å². The highest BCUT2D eigenvalue weighted by Gasteiger charge is 2.06. The first-order valence-corrected chi connectivity index (χ1v) is 3.96. The van der Waals surface area contributed by atoms with E-state index in [-0.39, 0.29) is 18.8 Å². The van der Waals surface area contributed by atoms with Gasteiger partial charge in [-0.05, 0) is 13.8 Å². The highest BCUT2D eigenvalue weighted by molar-refractivity contribution is 5.37. The molecule has 0 aliphatic heterocycles. The van der Waals surface area contributed by atoms with E-state index in [1.165, 1.54) is 0 Å². The Balaban J connectivity index is 3.38. The average Bonchev–Trinajstić information content (AvgIpc) is 2.12. The summed E-state index contributed by atoms with van der Waals surface area (Å²) >= 11 is 0. The molecule has 5 nitrogen and oxygen atoms in total. The van der Waals surface area contributed by atoms with Crippen molar-refractivity contribution in [1.82, 2.24) is 0 Å². The molecule has 2 unspecified atom stereocenters. The molecule has 0 aliphatic rings.